The van der Waals surface area contributed by atoms with Crippen molar-refractivity contribution in [2.24, 2.45) is 0 Å². The van der Waals surface area contributed by atoms with Gasteiger partial charge in [-0.15, -0.1) is 4.89 Å². The summed E-state index contributed by atoms with van der Waals surface area (Å²) in [7, 11) is -2.70. The van der Waals surface area contributed by atoms with Gasteiger partial charge in [0.2, 0.25) is 5.75 Å². The summed E-state index contributed by atoms with van der Waals surface area (Å²) in [5, 5.41) is 0.407. The molecule has 0 spiro atoms. The lowest BCUT2D eigenvalue weighted by Crippen LogP contribution is -1.84. The summed E-state index contributed by atoms with van der Waals surface area (Å²) in [6, 6.07) is 4.54. The molecule has 0 aliphatic rings. The van der Waals surface area contributed by atoms with Crippen LogP contribution < -0.4 is 7.59 Å². The maximum absolute atomic E-state index is 10.4. The monoisotopic (exact) mass is 333 g/mol. The van der Waals surface area contributed by atoms with E-state index in [-0.39, 0.29) is 5.75 Å². The fourth-order valence-electron chi connectivity index (χ4n) is 0.701. The Balaban J connectivity index is 3.01. The molecule has 1 atom stereocenters. The molecule has 0 aromatic heterocycles. The minimum atomic E-state index is -2.70. The summed E-state index contributed by atoms with van der Waals surface area (Å²) in [5.41, 5.74) is 0. The van der Waals surface area contributed by atoms with Crippen molar-refractivity contribution in [1.82, 2.24) is 0 Å². The molecule has 0 aliphatic carbocycles. The Labute approximate surface area is 94.4 Å². The van der Waals surface area contributed by atoms with Gasteiger partial charge in [-0.25, -0.2) is 4.52 Å². The molecule has 1 N–H and O–H groups in total. The highest BCUT2D eigenvalue weighted by atomic mass is 127. The maximum atomic E-state index is 10.4. The van der Waals surface area contributed by atoms with E-state index >= 15 is 0 Å². The van der Waals surface area contributed by atoms with Crippen LogP contribution in [-0.2, 0) is 4.57 Å². The third kappa shape index (κ3) is 3.27. The highest BCUT2D eigenvalue weighted by Gasteiger charge is 2.19. The quantitative estimate of drug-likeness (QED) is 0.682. The number of hydrogen-bond donors (Lipinski definition) is 1. The molecule has 1 aromatic carbocycles. The topological polar surface area (TPSA) is 55.8 Å². The molecule has 0 fully saturated rings. The van der Waals surface area contributed by atoms with Gasteiger partial charge in [0, 0.05) is 15.7 Å². The van der Waals surface area contributed by atoms with Crippen LogP contribution in [0.3, 0.4) is 0 Å². The summed E-state index contributed by atoms with van der Waals surface area (Å²) in [6.45, 7) is 0. The Morgan fingerprint density at radius 3 is 2.69 bits per heavy atom. The predicted molar refractivity (Wildman–Crippen MR) is 56.6 cm³/mol. The van der Waals surface area contributed by atoms with Crippen LogP contribution in [0.15, 0.2) is 18.2 Å². The molecule has 1 unspecified atom stereocenters. The SMILES string of the molecule is O=[P+](O)Oc1cc(Cl)ccc1OI. The van der Waals surface area contributed by atoms with Gasteiger partial charge in [0.05, 0.1) is 0 Å². The van der Waals surface area contributed by atoms with Crippen molar-refractivity contribution in [3.63, 3.8) is 0 Å². The number of halogens is 2. The van der Waals surface area contributed by atoms with Gasteiger partial charge in [-0.1, -0.05) is 11.6 Å². The summed E-state index contributed by atoms with van der Waals surface area (Å²) in [5.74, 6) is 0.493. The van der Waals surface area contributed by atoms with Crippen molar-refractivity contribution >= 4 is 42.9 Å². The molecule has 0 radical (unpaired) electrons. The molecule has 13 heavy (non-hydrogen) atoms. The average Bonchev–Trinajstić information content (AvgIpc) is 2.03. The third-order valence-corrected chi connectivity index (χ3v) is 2.23. The zero-order valence-corrected chi connectivity index (χ0v) is 9.92. The summed E-state index contributed by atoms with van der Waals surface area (Å²) >= 11 is 7.28. The molecule has 0 heterocycles. The number of benzene rings is 1. The Bertz CT molecular complexity index is 332. The number of rotatable bonds is 3. The van der Waals surface area contributed by atoms with Crippen molar-refractivity contribution in [3.8, 4) is 11.5 Å². The van der Waals surface area contributed by atoms with E-state index in [1.807, 2.05) is 0 Å². The van der Waals surface area contributed by atoms with E-state index in [0.717, 1.165) is 0 Å². The smallest absolute Gasteiger partial charge is 0.423 e. The van der Waals surface area contributed by atoms with Crippen molar-refractivity contribution in [3.05, 3.63) is 23.2 Å². The van der Waals surface area contributed by atoms with Gasteiger partial charge in [-0.05, 0) is 12.1 Å². The molecule has 1 rings (SSSR count). The lowest BCUT2D eigenvalue weighted by Gasteiger charge is -1.99. The van der Waals surface area contributed by atoms with Gasteiger partial charge in [0.15, 0.2) is 28.8 Å². The van der Waals surface area contributed by atoms with Crippen LogP contribution in [0.25, 0.3) is 0 Å². The summed E-state index contributed by atoms with van der Waals surface area (Å²) in [4.78, 5) is 8.50. The Kier molecular flexibility index (Phi) is 4.18. The lowest BCUT2D eigenvalue weighted by molar-refractivity contribution is 0.406. The second kappa shape index (κ2) is 4.95. The lowest BCUT2D eigenvalue weighted by atomic mass is 10.3. The van der Waals surface area contributed by atoms with Gasteiger partial charge in [0.25, 0.3) is 0 Å². The molecular weight excluding hydrogens is 329 g/mol. The van der Waals surface area contributed by atoms with Crippen LogP contribution in [0.1, 0.15) is 0 Å². The first-order valence-electron chi connectivity index (χ1n) is 3.05. The first kappa shape index (κ1) is 11.0. The first-order chi connectivity index (χ1) is 6.13. The molecule has 0 amide bonds. The van der Waals surface area contributed by atoms with Crippen LogP contribution in [0, 0.1) is 0 Å². The normalized spacial score (nSPS) is 10.8. The number of hydrogen-bond acceptors (Lipinski definition) is 3. The van der Waals surface area contributed by atoms with E-state index in [1.165, 1.54) is 6.07 Å². The maximum Gasteiger partial charge on any atom is 0.747 e. The van der Waals surface area contributed by atoms with Gasteiger partial charge in [-0.2, -0.15) is 0 Å². The molecule has 4 nitrogen and oxygen atoms in total. The van der Waals surface area contributed by atoms with Crippen LogP contribution in [0.5, 0.6) is 11.5 Å². The van der Waals surface area contributed by atoms with Crippen molar-refractivity contribution in [1.29, 1.82) is 0 Å². The van der Waals surface area contributed by atoms with Crippen molar-refractivity contribution in [2.75, 3.05) is 0 Å². The van der Waals surface area contributed by atoms with E-state index in [2.05, 4.69) is 4.52 Å². The van der Waals surface area contributed by atoms with Gasteiger partial charge in [-0.3, -0.25) is 0 Å². The molecular formula is C6H4ClIO4P+. The summed E-state index contributed by atoms with van der Waals surface area (Å²) < 4.78 is 19.8. The van der Waals surface area contributed by atoms with E-state index in [4.69, 9.17) is 19.6 Å². The second-order valence-corrected chi connectivity index (χ2v) is 3.53. The van der Waals surface area contributed by atoms with Crippen molar-refractivity contribution < 1.29 is 17.0 Å². The van der Waals surface area contributed by atoms with E-state index in [0.29, 0.717) is 10.8 Å². The van der Waals surface area contributed by atoms with Crippen LogP contribution in [-0.4, -0.2) is 4.89 Å². The standard InChI is InChI=1S/C6H3ClIO4P/c7-4-1-2-5(11-8)6(3-4)12-13(9)10/h1-3H/p+1. The van der Waals surface area contributed by atoms with Crippen LogP contribution in [0.2, 0.25) is 5.02 Å². The van der Waals surface area contributed by atoms with Gasteiger partial charge < -0.3 is 3.07 Å². The van der Waals surface area contributed by atoms with E-state index in [1.54, 1.807) is 35.1 Å². The van der Waals surface area contributed by atoms with Gasteiger partial charge in [0.1, 0.15) is 0 Å². The molecule has 7 heteroatoms. The van der Waals surface area contributed by atoms with Crippen LogP contribution >= 0.6 is 42.9 Å². The minimum Gasteiger partial charge on any atom is -0.423 e. The van der Waals surface area contributed by atoms with E-state index in [9.17, 15) is 4.57 Å². The predicted octanol–water partition coefficient (Wildman–Crippen LogP) is 3.10. The largest absolute Gasteiger partial charge is 0.747 e. The fourth-order valence-corrected chi connectivity index (χ4v) is 1.54. The van der Waals surface area contributed by atoms with Crippen molar-refractivity contribution in [2.45, 2.75) is 0 Å². The first-order valence-corrected chi connectivity index (χ1v) is 5.44. The molecule has 0 bridgehead atoms. The zero-order chi connectivity index (χ0) is 9.84. The minimum absolute atomic E-state index is 0.144. The van der Waals surface area contributed by atoms with Crippen LogP contribution in [0.4, 0.5) is 0 Å². The summed E-state index contributed by atoms with van der Waals surface area (Å²) in [6.07, 6.45) is 0. The van der Waals surface area contributed by atoms with E-state index < -0.39 is 8.25 Å². The molecule has 1 aromatic rings. The molecule has 0 aliphatic heterocycles. The highest BCUT2D eigenvalue weighted by molar-refractivity contribution is 14.1. The Morgan fingerprint density at radius 1 is 1.46 bits per heavy atom. The zero-order valence-electron chi connectivity index (χ0n) is 6.11. The molecule has 0 saturated carbocycles. The fraction of sp³-hybridized carbons (Fsp3) is 0. The average molecular weight is 333 g/mol. The second-order valence-electron chi connectivity index (χ2n) is 2.00. The highest BCUT2D eigenvalue weighted by Crippen LogP contribution is 2.35. The molecule has 70 valence electrons. The molecule has 0 saturated heterocycles. The third-order valence-electron chi connectivity index (χ3n) is 1.17. The Hall–Kier alpha value is -0.100. The van der Waals surface area contributed by atoms with Gasteiger partial charge >= 0.3 is 8.25 Å². The Morgan fingerprint density at radius 2 is 2.15 bits per heavy atom.